The van der Waals surface area contributed by atoms with Crippen LogP contribution in [0.25, 0.3) is 0 Å². The predicted octanol–water partition coefficient (Wildman–Crippen LogP) is 8.88. The molecular formula is C22H14F18O2Sn. The normalized spacial score (nSPS) is 15.1. The minimum absolute atomic E-state index is 0.676. The van der Waals surface area contributed by atoms with Crippen LogP contribution in [0.15, 0.2) is 60.7 Å². The fraction of sp³-hybridized carbons (Fsp3) is 0.455. The molecule has 0 saturated heterocycles. The van der Waals surface area contributed by atoms with Crippen LogP contribution < -0.4 is 0 Å². The van der Waals surface area contributed by atoms with Gasteiger partial charge in [0.1, 0.15) is 0 Å². The Balaban J connectivity index is 3.04. The van der Waals surface area contributed by atoms with Crippen LogP contribution in [0.3, 0.4) is 0 Å². The second-order valence-electron chi connectivity index (χ2n) is 8.61. The second kappa shape index (κ2) is 11.7. The molecule has 0 saturated carbocycles. The number of hydrogen-bond acceptors (Lipinski definition) is 2. The van der Waals surface area contributed by atoms with E-state index in [9.17, 15) is 61.5 Å². The number of alkyl halides is 18. The summed E-state index contributed by atoms with van der Waals surface area (Å²) in [6, 6.07) is 8.56. The SMILES string of the molecule is FC(F)(F)C(F)(F)C(F)(F)[C](F)(F)[Sn]([O]Cc1ccccc1)([O]Cc1ccccc1)[C](F)(F)C(F)(F)C(F)(F)C(F)(F)F. The molecule has 2 aromatic rings. The van der Waals surface area contributed by atoms with Crippen molar-refractivity contribution >= 4 is 19.2 Å². The van der Waals surface area contributed by atoms with Gasteiger partial charge in [-0.2, -0.15) is 0 Å². The van der Waals surface area contributed by atoms with Crippen molar-refractivity contribution < 1.29 is 85.2 Å². The molecule has 2 aromatic carbocycles. The van der Waals surface area contributed by atoms with Gasteiger partial charge in [-0.25, -0.2) is 0 Å². The van der Waals surface area contributed by atoms with E-state index in [2.05, 4.69) is 6.15 Å². The van der Waals surface area contributed by atoms with Gasteiger partial charge in [0.15, 0.2) is 0 Å². The van der Waals surface area contributed by atoms with Crippen molar-refractivity contribution in [1.29, 1.82) is 0 Å². The first kappa shape index (κ1) is 37.1. The van der Waals surface area contributed by atoms with Crippen LogP contribution >= 0.6 is 0 Å². The van der Waals surface area contributed by atoms with Crippen molar-refractivity contribution in [2.24, 2.45) is 0 Å². The van der Waals surface area contributed by atoms with E-state index < -0.39 is 87.5 Å². The number of hydrogen-bond donors (Lipinski definition) is 0. The predicted molar refractivity (Wildman–Crippen MR) is 110 cm³/mol. The topological polar surface area (TPSA) is 18.5 Å². The zero-order chi connectivity index (χ0) is 33.6. The van der Waals surface area contributed by atoms with Crippen LogP contribution in [0.4, 0.5) is 79.0 Å². The van der Waals surface area contributed by atoms with Gasteiger partial charge >= 0.3 is 233 Å². The summed E-state index contributed by atoms with van der Waals surface area (Å²) >= 11 is -10.6. The molecule has 0 spiro atoms. The van der Waals surface area contributed by atoms with E-state index in [-0.39, 0.29) is 0 Å². The number of benzene rings is 2. The van der Waals surface area contributed by atoms with Gasteiger partial charge in [0.05, 0.1) is 0 Å². The second-order valence-corrected chi connectivity index (χ2v) is 17.4. The van der Waals surface area contributed by atoms with E-state index in [0.29, 0.717) is 24.3 Å². The molecule has 2 rings (SSSR count). The molecule has 0 fully saturated rings. The van der Waals surface area contributed by atoms with Crippen LogP contribution in [-0.2, 0) is 19.4 Å². The summed E-state index contributed by atoms with van der Waals surface area (Å²) < 4.78 is 244. The average molecular weight is 771 g/mol. The van der Waals surface area contributed by atoms with E-state index in [1.807, 2.05) is 0 Å². The van der Waals surface area contributed by atoms with Crippen molar-refractivity contribution in [2.45, 2.75) is 57.1 Å². The Morgan fingerprint density at radius 2 is 0.651 bits per heavy atom. The Morgan fingerprint density at radius 3 is 0.884 bits per heavy atom. The third-order valence-electron chi connectivity index (χ3n) is 5.69. The fourth-order valence-electron chi connectivity index (χ4n) is 3.28. The third-order valence-corrected chi connectivity index (χ3v) is 15.3. The molecule has 2 nitrogen and oxygen atoms in total. The first-order valence-electron chi connectivity index (χ1n) is 10.9. The van der Waals surface area contributed by atoms with Crippen LogP contribution in [0.2, 0.25) is 0 Å². The first-order chi connectivity index (χ1) is 19.2. The first-order valence-corrected chi connectivity index (χ1v) is 16.1. The molecule has 244 valence electrons. The summed E-state index contributed by atoms with van der Waals surface area (Å²) in [4.78, 5) is 0. The molecule has 0 aromatic heterocycles. The van der Waals surface area contributed by atoms with Crippen molar-refractivity contribution in [2.75, 3.05) is 0 Å². The minimum atomic E-state index is -10.6. The maximum absolute atomic E-state index is 15.4. The molecule has 0 amide bonds. The van der Waals surface area contributed by atoms with Crippen LogP contribution in [-0.4, -0.2) is 63.1 Å². The Bertz CT molecular complexity index is 1120. The van der Waals surface area contributed by atoms with Crippen molar-refractivity contribution in [3.05, 3.63) is 71.8 Å². The molecular weight excluding hydrogens is 757 g/mol. The van der Waals surface area contributed by atoms with E-state index in [1.165, 1.54) is 0 Å². The summed E-state index contributed by atoms with van der Waals surface area (Å²) in [5.74, 6) is -32.7. The Labute approximate surface area is 233 Å². The summed E-state index contributed by atoms with van der Waals surface area (Å²) in [7, 11) is 0. The van der Waals surface area contributed by atoms with Gasteiger partial charge in [0.25, 0.3) is 0 Å². The molecule has 0 aliphatic carbocycles. The van der Waals surface area contributed by atoms with Crippen LogP contribution in [0.1, 0.15) is 11.1 Å². The van der Waals surface area contributed by atoms with Gasteiger partial charge in [-0.1, -0.05) is 0 Å². The average Bonchev–Trinajstić information content (AvgIpc) is 2.88. The Kier molecular flexibility index (Phi) is 10.1. The van der Waals surface area contributed by atoms with Gasteiger partial charge in [-0.3, -0.25) is 0 Å². The molecule has 0 aliphatic rings. The molecule has 0 atom stereocenters. The fourth-order valence-corrected chi connectivity index (χ4v) is 12.1. The third kappa shape index (κ3) is 5.98. The van der Waals surface area contributed by atoms with E-state index in [1.54, 1.807) is 0 Å². The summed E-state index contributed by atoms with van der Waals surface area (Å²) in [6.45, 7) is -4.23. The molecule has 0 N–H and O–H groups in total. The quantitative estimate of drug-likeness (QED) is 0.159. The number of rotatable bonds is 12. The van der Waals surface area contributed by atoms with Crippen molar-refractivity contribution in [3.63, 3.8) is 0 Å². The van der Waals surface area contributed by atoms with Gasteiger partial charge in [0, 0.05) is 0 Å². The standard InChI is InChI=1S/2C7H7O.2C4F9.Sn/c2*8-6-7-4-2-1-3-5-7;2*5-1(6)2(7,8)3(9,10)4(11,12)13;/h2*1-5H,6H2;;;/q2*-1;;;+2. The Morgan fingerprint density at radius 1 is 0.395 bits per heavy atom. The molecule has 0 aliphatic heterocycles. The molecule has 21 heteroatoms. The number of halogens is 18. The molecule has 0 heterocycles. The maximum atomic E-state index is 15.4. The van der Waals surface area contributed by atoms with Crippen molar-refractivity contribution in [1.82, 2.24) is 0 Å². The van der Waals surface area contributed by atoms with Gasteiger partial charge in [-0.05, 0) is 0 Å². The Hall–Kier alpha value is -2.10. The molecule has 0 bridgehead atoms. The van der Waals surface area contributed by atoms with E-state index >= 15 is 17.6 Å². The molecule has 0 unspecified atom stereocenters. The van der Waals surface area contributed by atoms with Gasteiger partial charge in [0.2, 0.25) is 0 Å². The van der Waals surface area contributed by atoms with Crippen LogP contribution in [0, 0.1) is 0 Å². The summed E-state index contributed by atoms with van der Waals surface area (Å²) in [5.41, 5.74) is -1.54. The van der Waals surface area contributed by atoms with Gasteiger partial charge in [-0.15, -0.1) is 0 Å². The molecule has 0 radical (unpaired) electrons. The summed E-state index contributed by atoms with van der Waals surface area (Å²) in [5, 5.41) is 0. The zero-order valence-corrected chi connectivity index (χ0v) is 23.2. The van der Waals surface area contributed by atoms with Crippen molar-refractivity contribution in [3.8, 4) is 0 Å². The molecule has 43 heavy (non-hydrogen) atoms. The van der Waals surface area contributed by atoms with Crippen LogP contribution in [0.5, 0.6) is 0 Å². The zero-order valence-electron chi connectivity index (χ0n) is 20.3. The van der Waals surface area contributed by atoms with E-state index in [4.69, 9.17) is 0 Å². The van der Waals surface area contributed by atoms with Gasteiger partial charge < -0.3 is 0 Å². The summed E-state index contributed by atoms with van der Waals surface area (Å²) in [6.07, 6.45) is -15.5. The van der Waals surface area contributed by atoms with E-state index in [0.717, 1.165) is 36.4 Å². The monoisotopic (exact) mass is 772 g/mol.